The first-order valence-corrected chi connectivity index (χ1v) is 14.4. The quantitative estimate of drug-likeness (QED) is 0.270. The molecule has 0 spiro atoms. The molecule has 2 aromatic carbocycles. The molecule has 224 valence electrons. The number of hydrogen-bond acceptors (Lipinski definition) is 5. The third-order valence-corrected chi connectivity index (χ3v) is 8.79. The van der Waals surface area contributed by atoms with Crippen molar-refractivity contribution in [2.75, 3.05) is 18.5 Å². The van der Waals surface area contributed by atoms with Crippen LogP contribution in [0.1, 0.15) is 59.9 Å². The molecule has 2 heterocycles. The summed E-state index contributed by atoms with van der Waals surface area (Å²) in [5.74, 6) is -0.701. The lowest BCUT2D eigenvalue weighted by molar-refractivity contribution is 0.102. The Morgan fingerprint density at radius 3 is 2.47 bits per heavy atom. The Balaban J connectivity index is 1.32. The molecular weight excluding hydrogens is 557 g/mol. The Hall–Kier alpha value is -4.25. The summed E-state index contributed by atoms with van der Waals surface area (Å²) in [4.78, 5) is 27.1. The predicted octanol–water partition coefficient (Wildman–Crippen LogP) is 5.05. The molecule has 2 saturated carbocycles. The fourth-order valence-corrected chi connectivity index (χ4v) is 6.20. The fraction of sp³-hybridized carbons (Fsp3) is 0.375. The maximum atomic E-state index is 15.1. The summed E-state index contributed by atoms with van der Waals surface area (Å²) in [5, 5.41) is 14.2. The van der Waals surface area contributed by atoms with Crippen LogP contribution in [0.2, 0.25) is 0 Å². The van der Waals surface area contributed by atoms with E-state index in [1.54, 1.807) is 24.7 Å². The Bertz CT molecular complexity index is 1720. The lowest BCUT2D eigenvalue weighted by Crippen LogP contribution is -2.43. The zero-order valence-corrected chi connectivity index (χ0v) is 24.0. The van der Waals surface area contributed by atoms with Gasteiger partial charge in [0.15, 0.2) is 0 Å². The molecule has 0 saturated heterocycles. The van der Waals surface area contributed by atoms with E-state index in [9.17, 15) is 18.4 Å². The summed E-state index contributed by atoms with van der Waals surface area (Å²) in [6.07, 6.45) is 6.39. The van der Waals surface area contributed by atoms with Gasteiger partial charge in [0.1, 0.15) is 29.3 Å². The van der Waals surface area contributed by atoms with E-state index >= 15 is 4.39 Å². The highest BCUT2D eigenvalue weighted by molar-refractivity contribution is 6.04. The number of nitrogens with one attached hydrogen (secondary N) is 2. The number of rotatable bonds is 10. The number of aryl methyl sites for hydroxylation is 1. The van der Waals surface area contributed by atoms with Crippen LogP contribution in [0.15, 0.2) is 65.8 Å². The second-order valence-electron chi connectivity index (χ2n) is 12.2. The van der Waals surface area contributed by atoms with Gasteiger partial charge in [-0.15, -0.1) is 10.2 Å². The number of alkyl halides is 1. The summed E-state index contributed by atoms with van der Waals surface area (Å²) in [7, 11) is 1.86. The predicted molar refractivity (Wildman–Crippen MR) is 156 cm³/mol. The molecule has 1 amide bonds. The molecule has 0 radical (unpaired) electrons. The first kappa shape index (κ1) is 28.9. The molecule has 2 fully saturated rings. The first-order chi connectivity index (χ1) is 20.6. The highest BCUT2D eigenvalue weighted by Crippen LogP contribution is 2.52. The van der Waals surface area contributed by atoms with Gasteiger partial charge in [-0.05, 0) is 85.2 Å². The van der Waals surface area contributed by atoms with E-state index in [1.807, 2.05) is 11.6 Å². The first-order valence-electron chi connectivity index (χ1n) is 14.4. The minimum atomic E-state index is -0.782. The molecule has 8 nitrogen and oxygen atoms in total. The van der Waals surface area contributed by atoms with E-state index in [4.69, 9.17) is 0 Å². The summed E-state index contributed by atoms with van der Waals surface area (Å²) in [6, 6.07) is 11.4. The number of halogens is 3. The lowest BCUT2D eigenvalue weighted by atomic mass is 9.58. The van der Waals surface area contributed by atoms with Crippen molar-refractivity contribution in [1.29, 1.82) is 0 Å². The van der Waals surface area contributed by atoms with E-state index in [1.165, 1.54) is 41.0 Å². The molecule has 4 aromatic rings. The molecule has 2 aliphatic carbocycles. The Kier molecular flexibility index (Phi) is 7.45. The van der Waals surface area contributed by atoms with Gasteiger partial charge in [0.05, 0.1) is 17.8 Å². The van der Waals surface area contributed by atoms with Gasteiger partial charge in [0.25, 0.3) is 11.5 Å². The van der Waals surface area contributed by atoms with Gasteiger partial charge in [-0.2, -0.15) is 0 Å². The molecular formula is C32H33F3N6O2. The number of aromatic nitrogens is 4. The van der Waals surface area contributed by atoms with E-state index in [-0.39, 0.29) is 23.2 Å². The molecule has 6 rings (SSSR count). The van der Waals surface area contributed by atoms with Gasteiger partial charge < -0.3 is 15.2 Å². The van der Waals surface area contributed by atoms with Crippen molar-refractivity contribution < 1.29 is 18.0 Å². The van der Waals surface area contributed by atoms with Crippen LogP contribution in [-0.4, -0.2) is 38.5 Å². The highest BCUT2D eigenvalue weighted by Gasteiger charge is 2.48. The van der Waals surface area contributed by atoms with Crippen LogP contribution in [0.25, 0.3) is 5.69 Å². The molecule has 2 aromatic heterocycles. The Morgan fingerprint density at radius 2 is 1.84 bits per heavy atom. The maximum absolute atomic E-state index is 15.1. The summed E-state index contributed by atoms with van der Waals surface area (Å²) >= 11 is 0. The highest BCUT2D eigenvalue weighted by atomic mass is 19.1. The number of carbonyl (C=O) groups excluding carboxylic acids is 1. The van der Waals surface area contributed by atoms with Gasteiger partial charge in [-0.25, -0.2) is 8.78 Å². The van der Waals surface area contributed by atoms with Crippen LogP contribution < -0.4 is 16.2 Å². The molecule has 0 aliphatic heterocycles. The van der Waals surface area contributed by atoms with Crippen molar-refractivity contribution in [1.82, 2.24) is 24.6 Å². The average molecular weight is 591 g/mol. The average Bonchev–Trinajstić information content (AvgIpc) is 3.63. The van der Waals surface area contributed by atoms with Crippen LogP contribution in [0.5, 0.6) is 0 Å². The molecule has 2 aliphatic rings. The lowest BCUT2D eigenvalue weighted by Gasteiger charge is -2.46. The normalized spacial score (nSPS) is 20.4. The zero-order chi connectivity index (χ0) is 30.4. The third-order valence-electron chi connectivity index (χ3n) is 8.79. The van der Waals surface area contributed by atoms with E-state index < -0.39 is 35.2 Å². The second-order valence-corrected chi connectivity index (χ2v) is 12.2. The largest absolute Gasteiger partial charge is 0.320 e. The fourth-order valence-electron chi connectivity index (χ4n) is 6.20. The number of benzene rings is 2. The van der Waals surface area contributed by atoms with Gasteiger partial charge in [-0.1, -0.05) is 13.0 Å². The molecule has 0 atom stereocenters. The summed E-state index contributed by atoms with van der Waals surface area (Å²) in [6.45, 7) is 2.46. The van der Waals surface area contributed by atoms with E-state index in [0.717, 1.165) is 37.1 Å². The van der Waals surface area contributed by atoms with Crippen molar-refractivity contribution in [2.24, 2.45) is 18.4 Å². The molecule has 0 unspecified atom stereocenters. The SMILES string of the molecule is CC1CC(c2ccc(F)c(NC(=O)c3cc(CNCC4(CF)CC4)cn(-c4ccc(F)cc4)c3=O)c2)(c2nncn2C)C1. The van der Waals surface area contributed by atoms with Crippen molar-refractivity contribution in [3.63, 3.8) is 0 Å². The minimum absolute atomic E-state index is 0.0570. The minimum Gasteiger partial charge on any atom is -0.320 e. The number of pyridine rings is 1. The van der Waals surface area contributed by atoms with Crippen LogP contribution in [-0.2, 0) is 19.0 Å². The van der Waals surface area contributed by atoms with E-state index in [2.05, 4.69) is 27.8 Å². The molecule has 0 bridgehead atoms. The van der Waals surface area contributed by atoms with Crippen molar-refractivity contribution in [3.05, 3.63) is 106 Å². The topological polar surface area (TPSA) is 93.8 Å². The number of carbonyl (C=O) groups is 1. The van der Waals surface area contributed by atoms with E-state index in [0.29, 0.717) is 23.7 Å². The Labute approximate surface area is 247 Å². The summed E-state index contributed by atoms with van der Waals surface area (Å²) < 4.78 is 45.3. The second kappa shape index (κ2) is 11.1. The van der Waals surface area contributed by atoms with Crippen molar-refractivity contribution >= 4 is 11.6 Å². The van der Waals surface area contributed by atoms with Gasteiger partial charge in [0, 0.05) is 37.4 Å². The molecule has 2 N–H and O–H groups in total. The van der Waals surface area contributed by atoms with Crippen molar-refractivity contribution in [2.45, 2.75) is 44.6 Å². The van der Waals surface area contributed by atoms with Crippen LogP contribution in [0.4, 0.5) is 18.9 Å². The summed E-state index contributed by atoms with van der Waals surface area (Å²) in [5.41, 5.74) is 0.00710. The maximum Gasteiger partial charge on any atom is 0.267 e. The number of hydrogen-bond donors (Lipinski definition) is 2. The number of amides is 1. The molecule has 11 heteroatoms. The van der Waals surface area contributed by atoms with Gasteiger partial charge >= 0.3 is 0 Å². The van der Waals surface area contributed by atoms with Crippen LogP contribution in [0.3, 0.4) is 0 Å². The standard InChI is InChI=1S/C32H33F3N6O2/c1-20-13-32(14-20,30-39-37-19-40(30)2)22-3-8-26(35)27(12-22)38-28(42)25-11-21(15-36-18-31(17-33)9-10-31)16-41(29(25)43)24-6-4-23(34)5-7-24/h3-8,11-12,16,19-20,36H,9-10,13-15,17-18H2,1-2H3,(H,38,42). The van der Waals surface area contributed by atoms with Crippen molar-refractivity contribution in [3.8, 4) is 5.69 Å². The van der Waals surface area contributed by atoms with Gasteiger partial charge in [-0.3, -0.25) is 18.5 Å². The van der Waals surface area contributed by atoms with Crippen LogP contribution in [0, 0.1) is 23.0 Å². The smallest absolute Gasteiger partial charge is 0.267 e. The zero-order valence-electron chi connectivity index (χ0n) is 24.0. The molecule has 43 heavy (non-hydrogen) atoms. The Morgan fingerprint density at radius 1 is 1.09 bits per heavy atom. The third kappa shape index (κ3) is 5.49. The number of nitrogens with zero attached hydrogens (tertiary/aromatic N) is 4. The monoisotopic (exact) mass is 590 g/mol. The van der Waals surface area contributed by atoms with Crippen LogP contribution >= 0.6 is 0 Å². The number of anilines is 1. The van der Waals surface area contributed by atoms with Gasteiger partial charge in [0.2, 0.25) is 0 Å².